The van der Waals surface area contributed by atoms with Crippen LogP contribution < -0.4 is 0 Å². The summed E-state index contributed by atoms with van der Waals surface area (Å²) >= 11 is 0. The number of methoxy groups -OCH3 is 1. The summed E-state index contributed by atoms with van der Waals surface area (Å²) in [7, 11) is 0.422. The third-order valence-corrected chi connectivity index (χ3v) is 7.59. The van der Waals surface area contributed by atoms with Crippen LogP contribution in [0, 0.1) is 5.41 Å². The van der Waals surface area contributed by atoms with E-state index in [1.807, 2.05) is 69.4 Å². The predicted molar refractivity (Wildman–Crippen MR) is 148 cm³/mol. The molecule has 1 aromatic rings. The van der Waals surface area contributed by atoms with Gasteiger partial charge < -0.3 is 28.8 Å². The van der Waals surface area contributed by atoms with Gasteiger partial charge in [-0.2, -0.15) is 0 Å². The largest absolute Gasteiger partial charge is 0.476 e. The number of ether oxygens (including phenoxy) is 3. The number of aliphatic hydroxyl groups excluding tert-OH is 1. The second kappa shape index (κ2) is 16.5. The van der Waals surface area contributed by atoms with Crippen LogP contribution in [0.3, 0.4) is 0 Å². The highest BCUT2D eigenvalue weighted by Gasteiger charge is 2.35. The summed E-state index contributed by atoms with van der Waals surface area (Å²) in [5.41, 5.74) is -0.632. The van der Waals surface area contributed by atoms with Gasteiger partial charge in [0.25, 0.3) is 0 Å². The van der Waals surface area contributed by atoms with Crippen molar-refractivity contribution in [2.24, 2.45) is 5.41 Å². The normalized spacial score (nSPS) is 15.9. The van der Waals surface area contributed by atoms with E-state index in [9.17, 15) is 9.90 Å². The van der Waals surface area contributed by atoms with E-state index in [1.54, 1.807) is 7.11 Å². The molecule has 2 N–H and O–H groups in total. The molecule has 0 spiro atoms. The third kappa shape index (κ3) is 13.2. The highest BCUT2D eigenvalue weighted by atomic mass is 28.3. The number of aliphatic hydroxyl groups is 1. The highest BCUT2D eigenvalue weighted by molar-refractivity contribution is 6.76. The number of nitrogens with zero attached hydrogens (tertiary/aromatic N) is 1. The van der Waals surface area contributed by atoms with Gasteiger partial charge in [0.2, 0.25) is 0 Å². The van der Waals surface area contributed by atoms with Crippen LogP contribution in [-0.4, -0.2) is 68.1 Å². The number of carboxylic acids is 1. The Balaban J connectivity index is 2.53. The van der Waals surface area contributed by atoms with E-state index in [0.717, 1.165) is 12.3 Å². The molecule has 8 nitrogen and oxygen atoms in total. The average Bonchev–Trinajstić information content (AvgIpc) is 3.29. The molecule has 0 fully saturated rings. The van der Waals surface area contributed by atoms with E-state index in [0.29, 0.717) is 25.3 Å². The number of aromatic nitrogens is 1. The highest BCUT2D eigenvalue weighted by Crippen LogP contribution is 2.31. The van der Waals surface area contributed by atoms with Crippen molar-refractivity contribution < 1.29 is 33.6 Å². The van der Waals surface area contributed by atoms with Gasteiger partial charge in [0.1, 0.15) is 13.1 Å². The second-order valence-corrected chi connectivity index (χ2v) is 16.3. The number of hydrogen-bond donors (Lipinski definition) is 2. The van der Waals surface area contributed by atoms with Crippen molar-refractivity contribution in [2.75, 3.05) is 20.5 Å². The summed E-state index contributed by atoms with van der Waals surface area (Å²) in [5.74, 6) is -0.831. The first-order valence-corrected chi connectivity index (χ1v) is 16.3. The van der Waals surface area contributed by atoms with E-state index in [2.05, 4.69) is 24.6 Å². The van der Waals surface area contributed by atoms with Crippen LogP contribution in [0.4, 0.5) is 0 Å². The average molecular weight is 536 g/mol. The first-order valence-electron chi connectivity index (χ1n) is 12.6. The summed E-state index contributed by atoms with van der Waals surface area (Å²) in [6.45, 7) is 13.8. The number of carboxylic acid groups (broad SMARTS) is 1. The molecule has 3 atom stereocenters. The lowest BCUT2D eigenvalue weighted by Crippen LogP contribution is -2.41. The molecule has 0 saturated heterocycles. The van der Waals surface area contributed by atoms with Crippen molar-refractivity contribution in [3.63, 3.8) is 0 Å². The van der Waals surface area contributed by atoms with Gasteiger partial charge in [-0.15, -0.1) is 0 Å². The predicted octanol–water partition coefficient (Wildman–Crippen LogP) is 5.65. The maximum Gasteiger partial charge on any atom is 0.357 e. The first kappa shape index (κ1) is 32.7. The van der Waals surface area contributed by atoms with Gasteiger partial charge in [-0.3, -0.25) is 0 Å². The molecule has 0 radical (unpaired) electrons. The molecule has 0 saturated carbocycles. The summed E-state index contributed by atoms with van der Waals surface area (Å²) in [6.07, 6.45) is 15.8. The molecule has 1 rings (SSSR count). The molecule has 208 valence electrons. The fourth-order valence-corrected chi connectivity index (χ4v) is 4.01. The molecule has 1 heterocycles. The maximum absolute atomic E-state index is 10.9. The van der Waals surface area contributed by atoms with Crippen LogP contribution in [0.5, 0.6) is 0 Å². The molecular weight excluding hydrogens is 490 g/mol. The van der Waals surface area contributed by atoms with Crippen molar-refractivity contribution >= 4 is 14.0 Å². The molecule has 0 bridgehead atoms. The van der Waals surface area contributed by atoms with Gasteiger partial charge in [-0.1, -0.05) is 82.1 Å². The third-order valence-electron chi connectivity index (χ3n) is 5.89. The molecule has 0 amide bonds. The zero-order valence-electron chi connectivity index (χ0n) is 23.3. The van der Waals surface area contributed by atoms with E-state index >= 15 is 0 Å². The lowest BCUT2D eigenvalue weighted by molar-refractivity contribution is -0.127. The minimum atomic E-state index is -1.14. The number of carbonyl (C=O) groups is 1. The monoisotopic (exact) mass is 535 g/mol. The maximum atomic E-state index is 10.9. The van der Waals surface area contributed by atoms with E-state index < -0.39 is 25.6 Å². The summed E-state index contributed by atoms with van der Waals surface area (Å²) in [5, 5.41) is 19.8. The molecule has 9 heteroatoms. The summed E-state index contributed by atoms with van der Waals surface area (Å²) in [4.78, 5) is 14.8. The second-order valence-electron chi connectivity index (χ2n) is 10.6. The zero-order valence-corrected chi connectivity index (χ0v) is 24.3. The smallest absolute Gasteiger partial charge is 0.357 e. The van der Waals surface area contributed by atoms with Crippen molar-refractivity contribution in [1.29, 1.82) is 0 Å². The van der Waals surface area contributed by atoms with Crippen molar-refractivity contribution in [1.82, 2.24) is 4.98 Å². The Bertz CT molecular complexity index is 912. The molecule has 37 heavy (non-hydrogen) atoms. The Kier molecular flexibility index (Phi) is 14.6. The Hall–Kier alpha value is -2.30. The minimum Gasteiger partial charge on any atom is -0.476 e. The van der Waals surface area contributed by atoms with Gasteiger partial charge in [0.05, 0.1) is 24.7 Å². The topological polar surface area (TPSA) is 111 Å². The Labute approximate surface area is 222 Å². The molecular formula is C28H45NO7Si. The lowest BCUT2D eigenvalue weighted by Gasteiger charge is -2.36. The molecule has 0 aliphatic rings. The fourth-order valence-electron chi connectivity index (χ4n) is 3.25. The van der Waals surface area contributed by atoms with Gasteiger partial charge in [-0.25, -0.2) is 9.78 Å². The summed E-state index contributed by atoms with van der Waals surface area (Å²) < 4.78 is 22.2. The first-order chi connectivity index (χ1) is 17.4. The van der Waals surface area contributed by atoms with Crippen molar-refractivity contribution in [3.8, 4) is 0 Å². The van der Waals surface area contributed by atoms with E-state index in [4.69, 9.17) is 23.7 Å². The van der Waals surface area contributed by atoms with Crippen LogP contribution in [0.15, 0.2) is 59.3 Å². The molecule has 0 aromatic carbocycles. The molecule has 1 aromatic heterocycles. The molecule has 0 aliphatic carbocycles. The van der Waals surface area contributed by atoms with Crippen molar-refractivity contribution in [2.45, 2.75) is 77.6 Å². The Morgan fingerprint density at radius 2 is 1.89 bits per heavy atom. The Morgan fingerprint density at radius 1 is 1.19 bits per heavy atom. The van der Waals surface area contributed by atoms with Crippen LogP contribution in [0.1, 0.15) is 43.6 Å². The molecule has 0 aliphatic heterocycles. The van der Waals surface area contributed by atoms with Crippen LogP contribution in [-0.2, 0) is 20.6 Å². The van der Waals surface area contributed by atoms with E-state index in [1.165, 1.54) is 0 Å². The van der Waals surface area contributed by atoms with Crippen molar-refractivity contribution in [3.05, 3.63) is 66.5 Å². The number of allylic oxidation sites excluding steroid dienone is 5. The quantitative estimate of drug-likeness (QED) is 0.0816. The summed E-state index contributed by atoms with van der Waals surface area (Å²) in [6, 6.07) is 1.09. The minimum absolute atomic E-state index is 0.126. The van der Waals surface area contributed by atoms with Gasteiger partial charge >= 0.3 is 5.97 Å². The molecule has 3 unspecified atom stereocenters. The van der Waals surface area contributed by atoms with Crippen LogP contribution in [0.2, 0.25) is 25.7 Å². The lowest BCUT2D eigenvalue weighted by atomic mass is 9.79. The van der Waals surface area contributed by atoms with Gasteiger partial charge in [-0.05, 0) is 19.4 Å². The van der Waals surface area contributed by atoms with Crippen LogP contribution in [0.25, 0.3) is 0 Å². The van der Waals surface area contributed by atoms with Crippen LogP contribution >= 0.6 is 0 Å². The number of hydrogen-bond acceptors (Lipinski definition) is 7. The zero-order chi connectivity index (χ0) is 27.9. The Morgan fingerprint density at radius 3 is 2.49 bits per heavy atom. The number of rotatable bonds is 18. The SMILES string of the molecule is C/C=C/C(OCOCC[Si](C)(C)C)C(C)(C)C(O)C\C=C/C=C\C=C\C(Cc1nc(C(=O)O)co1)OC. The van der Waals surface area contributed by atoms with Gasteiger partial charge in [0, 0.05) is 27.2 Å². The number of oxazole rings is 1. The number of aromatic carboxylic acids is 1. The fraction of sp³-hybridized carbons (Fsp3) is 0.571. The van der Waals surface area contributed by atoms with E-state index in [-0.39, 0.29) is 24.7 Å². The van der Waals surface area contributed by atoms with Gasteiger partial charge in [0.15, 0.2) is 11.6 Å². The standard InChI is InChI=1S/C28H45NO7Si/c1-8-14-25(36-21-34-17-18-37(5,6)7)28(2,3)24(30)16-13-11-9-10-12-15-22(33-4)19-26-29-23(20-35-26)27(31)32/h8-15,20,22,24-25,30H,16-19,21H2,1-7H3,(H,31,32)/b10-9-,13-11-,14-8+,15-12+.